The highest BCUT2D eigenvalue weighted by atomic mass is 16.1. The van der Waals surface area contributed by atoms with Gasteiger partial charge in [-0.3, -0.25) is 4.79 Å². The molecule has 0 saturated heterocycles. The highest BCUT2D eigenvalue weighted by Gasteiger charge is 2.17. The lowest BCUT2D eigenvalue weighted by Crippen LogP contribution is -2.19. The van der Waals surface area contributed by atoms with Gasteiger partial charge >= 0.3 is 0 Å². The van der Waals surface area contributed by atoms with Crippen LogP contribution in [0.2, 0.25) is 0 Å². The van der Waals surface area contributed by atoms with Crippen molar-refractivity contribution in [2.45, 2.75) is 39.5 Å². The summed E-state index contributed by atoms with van der Waals surface area (Å²) in [6, 6.07) is 8.32. The third-order valence-corrected chi connectivity index (χ3v) is 5.16. The number of nitrogens with zero attached hydrogens (tertiary/aromatic N) is 1. The van der Waals surface area contributed by atoms with Crippen molar-refractivity contribution in [2.24, 2.45) is 5.92 Å². The van der Waals surface area contributed by atoms with Crippen LogP contribution in [0.3, 0.4) is 0 Å². The SMILES string of the molecule is C=C(C)[C@@H]1CC=C(c2cc(C)c3ccc(CC(=O)NC)cc3n2)CC1. The van der Waals surface area contributed by atoms with Gasteiger partial charge in [0.15, 0.2) is 0 Å². The van der Waals surface area contributed by atoms with Gasteiger partial charge in [0.2, 0.25) is 5.91 Å². The van der Waals surface area contributed by atoms with Crippen LogP contribution in [0.4, 0.5) is 0 Å². The molecule has 0 saturated carbocycles. The van der Waals surface area contributed by atoms with Crippen molar-refractivity contribution < 1.29 is 4.79 Å². The van der Waals surface area contributed by atoms with E-state index in [1.807, 2.05) is 12.1 Å². The Balaban J connectivity index is 1.94. The summed E-state index contributed by atoms with van der Waals surface area (Å²) in [6.45, 7) is 8.35. The van der Waals surface area contributed by atoms with Crippen LogP contribution in [0.15, 0.2) is 42.5 Å². The largest absolute Gasteiger partial charge is 0.359 e. The van der Waals surface area contributed by atoms with Crippen molar-refractivity contribution in [3.63, 3.8) is 0 Å². The van der Waals surface area contributed by atoms with Crippen molar-refractivity contribution in [1.29, 1.82) is 0 Å². The topological polar surface area (TPSA) is 42.0 Å². The summed E-state index contributed by atoms with van der Waals surface area (Å²) in [5.74, 6) is 0.623. The van der Waals surface area contributed by atoms with E-state index in [2.05, 4.69) is 44.0 Å². The number of allylic oxidation sites excluding steroid dienone is 3. The summed E-state index contributed by atoms with van der Waals surface area (Å²) in [6.07, 6.45) is 5.97. The number of rotatable bonds is 4. The highest BCUT2D eigenvalue weighted by Crippen LogP contribution is 2.33. The molecule has 1 N–H and O–H groups in total. The zero-order valence-corrected chi connectivity index (χ0v) is 15.4. The summed E-state index contributed by atoms with van der Waals surface area (Å²) in [4.78, 5) is 16.5. The molecule has 1 aliphatic carbocycles. The number of likely N-dealkylation sites (N-methyl/N-ethyl adjacent to an activating group) is 1. The molecule has 0 fully saturated rings. The zero-order valence-electron chi connectivity index (χ0n) is 15.4. The van der Waals surface area contributed by atoms with Crippen molar-refractivity contribution in [1.82, 2.24) is 10.3 Å². The summed E-state index contributed by atoms with van der Waals surface area (Å²) < 4.78 is 0. The molecule has 0 aliphatic heterocycles. The average Bonchev–Trinajstić information content (AvgIpc) is 2.61. The Kier molecular flexibility index (Phi) is 5.03. The number of benzene rings is 1. The zero-order chi connectivity index (χ0) is 18.0. The average molecular weight is 334 g/mol. The number of pyridine rings is 1. The standard InChI is InChI=1S/C22H26N2O/c1-14(2)17-6-8-18(9-7-17)20-11-15(3)19-10-5-16(12-21(19)24-20)13-22(25)23-4/h5,8,10-12,17H,1,6-7,9,13H2,2-4H3,(H,23,25)/t17-/m1/s1. The van der Waals surface area contributed by atoms with E-state index in [4.69, 9.17) is 4.98 Å². The van der Waals surface area contributed by atoms with Gasteiger partial charge in [0.25, 0.3) is 0 Å². The molecule has 0 unspecified atom stereocenters. The second kappa shape index (κ2) is 7.22. The van der Waals surface area contributed by atoms with Crippen LogP contribution in [0.25, 0.3) is 16.5 Å². The smallest absolute Gasteiger partial charge is 0.224 e. The molecule has 3 nitrogen and oxygen atoms in total. The fourth-order valence-electron chi connectivity index (χ4n) is 3.51. The van der Waals surface area contributed by atoms with E-state index in [0.29, 0.717) is 12.3 Å². The second-order valence-electron chi connectivity index (χ2n) is 7.07. The van der Waals surface area contributed by atoms with E-state index >= 15 is 0 Å². The lowest BCUT2D eigenvalue weighted by molar-refractivity contribution is -0.119. The maximum atomic E-state index is 11.6. The van der Waals surface area contributed by atoms with Crippen LogP contribution >= 0.6 is 0 Å². The minimum Gasteiger partial charge on any atom is -0.359 e. The fraction of sp³-hybridized carbons (Fsp3) is 0.364. The van der Waals surface area contributed by atoms with Crippen LogP contribution < -0.4 is 5.32 Å². The van der Waals surface area contributed by atoms with E-state index in [1.54, 1.807) is 7.05 Å². The van der Waals surface area contributed by atoms with E-state index in [9.17, 15) is 4.79 Å². The Morgan fingerprint density at radius 3 is 2.80 bits per heavy atom. The third kappa shape index (κ3) is 3.81. The number of hydrogen-bond acceptors (Lipinski definition) is 2. The molecular formula is C22H26N2O. The van der Waals surface area contributed by atoms with Gasteiger partial charge in [0.1, 0.15) is 0 Å². The van der Waals surface area contributed by atoms with Gasteiger partial charge in [-0.05, 0) is 67.9 Å². The van der Waals surface area contributed by atoms with Crippen LogP contribution in [-0.4, -0.2) is 17.9 Å². The molecule has 3 rings (SSSR count). The molecule has 0 radical (unpaired) electrons. The quantitative estimate of drug-likeness (QED) is 0.831. The molecule has 25 heavy (non-hydrogen) atoms. The molecule has 2 aromatic rings. The monoisotopic (exact) mass is 334 g/mol. The van der Waals surface area contributed by atoms with Crippen LogP contribution in [0, 0.1) is 12.8 Å². The van der Waals surface area contributed by atoms with Crippen LogP contribution in [-0.2, 0) is 11.2 Å². The Bertz CT molecular complexity index is 864. The third-order valence-electron chi connectivity index (χ3n) is 5.16. The molecule has 1 atom stereocenters. The number of amides is 1. The number of carbonyl (C=O) groups excluding carboxylic acids is 1. The number of aryl methyl sites for hydroxylation is 1. The first-order valence-electron chi connectivity index (χ1n) is 8.93. The number of hydrogen-bond donors (Lipinski definition) is 1. The molecule has 1 aliphatic rings. The number of nitrogens with one attached hydrogen (secondary N) is 1. The number of fused-ring (bicyclic) bond motifs is 1. The minimum atomic E-state index is 0.0213. The van der Waals surface area contributed by atoms with Crippen molar-refractivity contribution in [3.05, 3.63) is 59.3 Å². The summed E-state index contributed by atoms with van der Waals surface area (Å²) in [5, 5.41) is 3.83. The Labute approximate surface area is 149 Å². The van der Waals surface area contributed by atoms with E-state index < -0.39 is 0 Å². The van der Waals surface area contributed by atoms with Crippen molar-refractivity contribution in [2.75, 3.05) is 7.05 Å². The Morgan fingerprint density at radius 2 is 2.16 bits per heavy atom. The van der Waals surface area contributed by atoms with E-state index in [1.165, 1.54) is 16.7 Å². The predicted octanol–water partition coefficient (Wildman–Crippen LogP) is 4.59. The summed E-state index contributed by atoms with van der Waals surface area (Å²) in [7, 11) is 1.66. The molecule has 1 amide bonds. The van der Waals surface area contributed by atoms with Gasteiger partial charge in [-0.15, -0.1) is 0 Å². The number of aromatic nitrogens is 1. The van der Waals surface area contributed by atoms with Gasteiger partial charge in [-0.1, -0.05) is 30.4 Å². The highest BCUT2D eigenvalue weighted by molar-refractivity contribution is 5.86. The fourth-order valence-corrected chi connectivity index (χ4v) is 3.51. The first-order valence-corrected chi connectivity index (χ1v) is 8.93. The normalized spacial score (nSPS) is 17.2. The predicted molar refractivity (Wildman–Crippen MR) is 104 cm³/mol. The summed E-state index contributed by atoms with van der Waals surface area (Å²) >= 11 is 0. The van der Waals surface area contributed by atoms with Crippen molar-refractivity contribution >= 4 is 22.4 Å². The molecule has 1 heterocycles. The van der Waals surface area contributed by atoms with Crippen molar-refractivity contribution in [3.8, 4) is 0 Å². The first-order chi connectivity index (χ1) is 12.0. The van der Waals surface area contributed by atoms with Gasteiger partial charge < -0.3 is 5.32 Å². The molecular weight excluding hydrogens is 308 g/mol. The molecule has 130 valence electrons. The van der Waals surface area contributed by atoms with Gasteiger partial charge in [-0.25, -0.2) is 4.98 Å². The molecule has 0 spiro atoms. The molecule has 0 bridgehead atoms. The Hall–Kier alpha value is -2.42. The van der Waals surface area contributed by atoms with E-state index in [-0.39, 0.29) is 5.91 Å². The Morgan fingerprint density at radius 1 is 1.36 bits per heavy atom. The minimum absolute atomic E-state index is 0.0213. The molecule has 1 aromatic heterocycles. The number of carbonyl (C=O) groups is 1. The van der Waals surface area contributed by atoms with Crippen LogP contribution in [0.5, 0.6) is 0 Å². The lowest BCUT2D eigenvalue weighted by Gasteiger charge is -2.22. The molecule has 3 heteroatoms. The van der Waals surface area contributed by atoms with Gasteiger partial charge in [0.05, 0.1) is 17.6 Å². The summed E-state index contributed by atoms with van der Waals surface area (Å²) in [5.41, 5.74) is 6.88. The van der Waals surface area contributed by atoms with Gasteiger partial charge in [-0.2, -0.15) is 0 Å². The van der Waals surface area contributed by atoms with E-state index in [0.717, 1.165) is 41.4 Å². The first kappa shape index (κ1) is 17.4. The maximum Gasteiger partial charge on any atom is 0.224 e. The van der Waals surface area contributed by atoms with Gasteiger partial charge in [0, 0.05) is 12.4 Å². The second-order valence-corrected chi connectivity index (χ2v) is 7.07. The lowest BCUT2D eigenvalue weighted by atomic mass is 9.84. The molecule has 1 aromatic carbocycles. The maximum absolute atomic E-state index is 11.6. The van der Waals surface area contributed by atoms with Crippen LogP contribution in [0.1, 0.15) is 43.0 Å².